The van der Waals surface area contributed by atoms with Gasteiger partial charge in [0.25, 0.3) is 0 Å². The molecule has 4 atom stereocenters. The summed E-state index contributed by atoms with van der Waals surface area (Å²) in [5.74, 6) is 4.04. The number of anilines is 4. The number of pyridine rings is 8. The molecule has 34 heteroatoms. The Morgan fingerprint density at radius 1 is 0.453 bits per heavy atom. The number of amides is 4. The number of carboxylic acid groups (broad SMARTS) is 2. The number of hydrogen-bond acceptors (Lipinski definition) is 24. The Morgan fingerprint density at radius 2 is 0.828 bits per heavy atom. The quantitative estimate of drug-likeness (QED) is 0.0140. The minimum absolute atomic E-state index is 0. The Labute approximate surface area is 748 Å². The molecule has 0 saturated carbocycles. The van der Waals surface area contributed by atoms with Crippen molar-refractivity contribution < 1.29 is 59.2 Å². The maximum absolute atomic E-state index is 13.2. The first-order chi connectivity index (χ1) is 62.4. The van der Waals surface area contributed by atoms with Crippen molar-refractivity contribution in [3.05, 3.63) is 235 Å². The normalized spacial score (nSPS) is 14.5. The highest BCUT2D eigenvalue weighted by Gasteiger charge is 2.36. The summed E-state index contributed by atoms with van der Waals surface area (Å²) >= 11 is 0. The van der Waals surface area contributed by atoms with Crippen molar-refractivity contribution in [3.8, 4) is 23.5 Å². The van der Waals surface area contributed by atoms with Gasteiger partial charge >= 0.3 is 35.4 Å². The fourth-order valence-corrected chi connectivity index (χ4v) is 16.6. The van der Waals surface area contributed by atoms with Crippen molar-refractivity contribution in [1.29, 1.82) is 0 Å². The van der Waals surface area contributed by atoms with E-state index in [0.29, 0.717) is 86.9 Å². The number of carboxylic acids is 2. The second-order valence-corrected chi connectivity index (χ2v) is 32.0. The van der Waals surface area contributed by atoms with E-state index in [1.807, 2.05) is 37.5 Å². The van der Waals surface area contributed by atoms with Crippen LogP contribution in [0.1, 0.15) is 184 Å². The lowest BCUT2D eigenvalue weighted by atomic mass is 10.0. The number of ether oxygens (including phenoxy) is 6. The van der Waals surface area contributed by atoms with Crippen LogP contribution in [0.5, 0.6) is 23.5 Å². The molecule has 15 heterocycles. The smallest absolute Gasteiger partial charge is 0.328 e. The largest absolute Gasteiger partial charge is 0.481 e. The predicted molar refractivity (Wildman–Crippen MR) is 489 cm³/mol. The van der Waals surface area contributed by atoms with Gasteiger partial charge in [-0.15, -0.1) is 0 Å². The fraction of sp³-hybridized carbons (Fsp3) is 0.468. The molecule has 0 spiro atoms. The minimum Gasteiger partial charge on any atom is -0.481 e. The van der Waals surface area contributed by atoms with Gasteiger partial charge in [0.15, 0.2) is 6.29 Å². The summed E-state index contributed by atoms with van der Waals surface area (Å²) in [4.78, 5) is 116. The van der Waals surface area contributed by atoms with E-state index in [-0.39, 0.29) is 49.8 Å². The lowest BCUT2D eigenvalue weighted by molar-refractivity contribution is -0.139. The van der Waals surface area contributed by atoms with Gasteiger partial charge in [0.2, 0.25) is 23.5 Å². The molecule has 10 aromatic heterocycles. The number of nitrogens with one attached hydrogen (secondary N) is 5. The molecule has 0 bridgehead atoms. The van der Waals surface area contributed by atoms with Crippen LogP contribution >= 0.6 is 0 Å². The number of aromatic nitrogens is 12. The average molecular weight is 1760 g/mol. The number of fused-ring (bicyclic) bond motifs is 4. The fourth-order valence-electron chi connectivity index (χ4n) is 16.6. The van der Waals surface area contributed by atoms with E-state index in [2.05, 4.69) is 102 Å². The molecule has 7 N–H and O–H groups in total. The number of rotatable bonds is 38. The highest BCUT2D eigenvalue weighted by molar-refractivity contribution is 5.78. The van der Waals surface area contributed by atoms with Crippen molar-refractivity contribution in [2.75, 3.05) is 123 Å². The molecule has 0 aromatic carbocycles. The van der Waals surface area contributed by atoms with Gasteiger partial charge < -0.3 is 79.9 Å². The second kappa shape index (κ2) is 47.5. The predicted octanol–water partition coefficient (Wildman–Crippen LogP) is 12.5. The van der Waals surface area contributed by atoms with E-state index in [0.717, 1.165) is 186 Å². The van der Waals surface area contributed by atoms with E-state index >= 15 is 0 Å². The number of nitrogens with zero attached hydrogens (tertiary/aromatic N) is 15. The summed E-state index contributed by atoms with van der Waals surface area (Å²) in [5, 5.41) is 35.3. The van der Waals surface area contributed by atoms with Crippen molar-refractivity contribution in [2.45, 2.75) is 186 Å². The Morgan fingerprint density at radius 3 is 1.20 bits per heavy atom. The Hall–Kier alpha value is -13.0. The highest BCUT2D eigenvalue weighted by atomic mass is 16.7. The van der Waals surface area contributed by atoms with Gasteiger partial charge in [0.05, 0.1) is 72.0 Å². The van der Waals surface area contributed by atoms with Crippen LogP contribution in [0.25, 0.3) is 0 Å². The topological polar surface area (TPSA) is 391 Å². The van der Waals surface area contributed by atoms with Crippen LogP contribution in [0.4, 0.5) is 32.9 Å². The summed E-state index contributed by atoms with van der Waals surface area (Å²) in [6.07, 6.45) is 29.7. The van der Waals surface area contributed by atoms with Crippen molar-refractivity contribution in [2.24, 2.45) is 0 Å². The molecule has 4 amide bonds. The molecule has 15 rings (SSSR count). The van der Waals surface area contributed by atoms with Crippen LogP contribution in [-0.2, 0) is 83.5 Å². The van der Waals surface area contributed by atoms with Crippen molar-refractivity contribution >= 4 is 47.3 Å². The third kappa shape index (κ3) is 25.7. The average Bonchev–Trinajstić information content (AvgIpc) is 1.68. The molecule has 128 heavy (non-hydrogen) atoms. The molecule has 10 aromatic rings. The van der Waals surface area contributed by atoms with Gasteiger partial charge in [-0.05, 0) is 184 Å². The van der Waals surface area contributed by atoms with Gasteiger partial charge in [0, 0.05) is 178 Å². The van der Waals surface area contributed by atoms with Crippen LogP contribution in [0.15, 0.2) is 156 Å². The molecule has 4 unspecified atom stereocenters. The number of aliphatic carboxylic acids is 2. The zero-order valence-electron chi connectivity index (χ0n) is 74.7. The maximum Gasteiger partial charge on any atom is 0.328 e. The van der Waals surface area contributed by atoms with E-state index < -0.39 is 30.3 Å². The Bertz CT molecular complexity index is 5360. The van der Waals surface area contributed by atoms with Crippen molar-refractivity contribution in [3.63, 3.8) is 0 Å². The summed E-state index contributed by atoms with van der Waals surface area (Å²) < 4.78 is 37.9. The van der Waals surface area contributed by atoms with Crippen molar-refractivity contribution in [1.82, 2.24) is 78.2 Å². The first-order valence-electron chi connectivity index (χ1n) is 44.4. The van der Waals surface area contributed by atoms with Gasteiger partial charge in [-0.2, -0.15) is 0 Å². The van der Waals surface area contributed by atoms with Crippen LogP contribution in [0, 0.1) is 0 Å². The molecular weight excluding hydrogens is 1630 g/mol. The van der Waals surface area contributed by atoms with E-state index in [1.165, 1.54) is 47.5 Å². The minimum atomic E-state index is -0.988. The lowest BCUT2D eigenvalue weighted by Crippen LogP contribution is -2.46. The summed E-state index contributed by atoms with van der Waals surface area (Å²) in [5.41, 5.74) is 12.3. The second-order valence-electron chi connectivity index (χ2n) is 32.0. The molecule has 5 aliphatic rings. The standard InChI is InChI=1S/C25H37N5O4.C23H29N5O4.C23H27N5O4.C23H29N5O2.H2/c1-5-21(19-11-13-22(32-2)28-16-19)30(17-23(33-3)34-4)25(31)27-15-7-9-20-12-10-18-8-6-14-26-24(18)29-20;2*1-32-20-9-7-17(15-25-20)19(14-21(29)30)28-13-12-27(23(28)31)11-3-5-18-8-6-16-4-2-10-24-22(16)26-18;1-3-20(18-9-11-21(30-2)25-16-18)28-15-14-27(23(28)29)13-5-7-19-10-8-17-6-4-12-24-22(17)26-19;/h10-13,16,21,23H,5-9,14-15,17H2,1-4H3,(H,26,29)(H,27,31);6-9,15,19H,2-5,10-14H2,1H3,(H,24,26)(H,29,30);6-9,12-13,15,19H,2-5,10-11,14H2,1H3,(H,24,26)(H,29,30);8-11,14-16,20H,3-7,12-13H2,1-2H3,(H,24,26);1H. The first kappa shape index (κ1) is 94.2. The summed E-state index contributed by atoms with van der Waals surface area (Å²) in [6.45, 7) is 11.7. The number of urea groups is 2. The van der Waals surface area contributed by atoms with Crippen LogP contribution in [-0.4, -0.2) is 215 Å². The number of carbonyl (C=O) groups is 4. The number of hydrogen-bond donors (Lipinski definition) is 7. The zero-order valence-corrected chi connectivity index (χ0v) is 74.7. The summed E-state index contributed by atoms with van der Waals surface area (Å²) in [7, 11) is 9.35. The third-order valence-corrected chi connectivity index (χ3v) is 23.6. The van der Waals surface area contributed by atoms with Gasteiger partial charge in [-0.3, -0.25) is 27.9 Å². The molecule has 684 valence electrons. The first-order valence-corrected chi connectivity index (χ1v) is 44.4. The van der Waals surface area contributed by atoms with E-state index in [9.17, 15) is 39.0 Å². The number of aryl methyl sites for hydroxylation is 10. The molecule has 5 aliphatic heterocycles. The SMILES string of the molecule is CCC(c1ccc(OC)nc1)N(CC(OC)OC)C(=O)NCCCc1ccc2c(n1)NCCC2.CCC(c1ccc(OC)nc1)n1ccn(CCCc2ccc3c(n2)NCCC3)c1=O.COc1ccc(C(CC(=O)O)N2CCN(CCCc3ccc4c(n3)NCCC4)C2=O)cn1.COc1ccc(C(CC(=O)O)n2ccn(CCCc3ccc4c(n3)NCCC4)c2=O)cn1.[HH]. The van der Waals surface area contributed by atoms with Crippen LogP contribution in [0.3, 0.4) is 0 Å². The highest BCUT2D eigenvalue weighted by Crippen LogP contribution is 2.33. The Kier molecular flexibility index (Phi) is 35.0. The van der Waals surface area contributed by atoms with E-state index in [4.69, 9.17) is 48.4 Å². The molecule has 0 radical (unpaired) electrons. The van der Waals surface area contributed by atoms with E-state index in [1.54, 1.807) is 124 Å². The lowest BCUT2D eigenvalue weighted by Gasteiger charge is -2.33. The van der Waals surface area contributed by atoms with Crippen LogP contribution in [0.2, 0.25) is 0 Å². The monoisotopic (exact) mass is 1760 g/mol. The van der Waals surface area contributed by atoms with Gasteiger partial charge in [-0.25, -0.2) is 59.0 Å². The Balaban J connectivity index is 0.000000166. The summed E-state index contributed by atoms with van der Waals surface area (Å²) in [6, 6.07) is 29.6. The number of imidazole rings is 2. The zero-order chi connectivity index (χ0) is 90.3. The molecule has 1 fully saturated rings. The molecule has 0 aliphatic carbocycles. The third-order valence-electron chi connectivity index (χ3n) is 23.6. The number of carbonyl (C=O) groups excluding carboxylic acids is 2. The van der Waals surface area contributed by atoms with Crippen LogP contribution < -0.4 is 56.9 Å². The van der Waals surface area contributed by atoms with Gasteiger partial charge in [0.1, 0.15) is 23.3 Å². The molecule has 34 nitrogen and oxygen atoms in total. The molecule has 1 saturated heterocycles. The molecular formula is C94H124N20O14. The number of methoxy groups -OCH3 is 6. The van der Waals surface area contributed by atoms with Gasteiger partial charge in [-0.1, -0.05) is 62.4 Å². The maximum atomic E-state index is 13.2.